The zero-order valence-corrected chi connectivity index (χ0v) is 14.1. The summed E-state index contributed by atoms with van der Waals surface area (Å²) in [5, 5.41) is 0. The number of hydrogen-bond donors (Lipinski definition) is 0. The Hall–Kier alpha value is -1.14. The van der Waals surface area contributed by atoms with Crippen molar-refractivity contribution in [1.82, 2.24) is 4.90 Å². The Morgan fingerprint density at radius 1 is 1.38 bits per heavy atom. The predicted molar refractivity (Wildman–Crippen MR) is 84.3 cm³/mol. The topological polar surface area (TPSA) is 54.5 Å². The zero-order chi connectivity index (χ0) is 15.2. The first-order valence-electron chi connectivity index (χ1n) is 6.95. The molecule has 0 N–H and O–H groups in total. The van der Waals surface area contributed by atoms with E-state index in [9.17, 15) is 13.2 Å². The average Bonchev–Trinajstić information content (AvgIpc) is 2.69. The van der Waals surface area contributed by atoms with Crippen molar-refractivity contribution in [3.05, 3.63) is 33.1 Å². The number of nitrogens with zero attached hydrogens (tertiary/aromatic N) is 1. The summed E-state index contributed by atoms with van der Waals surface area (Å²) in [7, 11) is -3.68. The Morgan fingerprint density at radius 3 is 2.86 bits per heavy atom. The highest BCUT2D eigenvalue weighted by Crippen LogP contribution is 2.35. The van der Waals surface area contributed by atoms with E-state index in [0.717, 1.165) is 17.3 Å². The molecule has 0 aliphatic carbocycles. The number of piperidine rings is 1. The minimum Gasteiger partial charge on any atom is -0.338 e. The van der Waals surface area contributed by atoms with E-state index in [-0.39, 0.29) is 15.7 Å². The van der Waals surface area contributed by atoms with Gasteiger partial charge in [-0.1, -0.05) is 22.9 Å². The maximum atomic E-state index is 12.6. The van der Waals surface area contributed by atoms with Crippen molar-refractivity contribution in [2.75, 3.05) is 13.1 Å². The van der Waals surface area contributed by atoms with Gasteiger partial charge in [0.15, 0.2) is 0 Å². The van der Waals surface area contributed by atoms with E-state index < -0.39 is 9.84 Å². The summed E-state index contributed by atoms with van der Waals surface area (Å²) in [6.07, 6.45) is 3.51. The number of sulfone groups is 1. The second kappa shape index (κ2) is 5.25. The lowest BCUT2D eigenvalue weighted by molar-refractivity contribution is -0.127. The summed E-state index contributed by atoms with van der Waals surface area (Å²) in [6.45, 7) is 3.35. The molecule has 6 heteroatoms. The third kappa shape index (κ3) is 2.55. The van der Waals surface area contributed by atoms with E-state index in [1.54, 1.807) is 23.1 Å². The highest BCUT2D eigenvalue weighted by atomic mass is 79.9. The predicted octanol–water partition coefficient (Wildman–Crippen LogP) is 2.84. The largest absolute Gasteiger partial charge is 0.338 e. The maximum Gasteiger partial charge on any atom is 0.265 e. The Bertz CT molecular complexity index is 739. The molecule has 3 rings (SSSR count). The molecule has 1 unspecified atom stereocenters. The van der Waals surface area contributed by atoms with Crippen LogP contribution in [-0.2, 0) is 14.6 Å². The molecule has 1 fully saturated rings. The monoisotopic (exact) mass is 369 g/mol. The van der Waals surface area contributed by atoms with E-state index in [1.165, 1.54) is 6.08 Å². The van der Waals surface area contributed by atoms with Crippen molar-refractivity contribution in [3.63, 3.8) is 0 Å². The number of rotatable bonds is 1. The number of likely N-dealkylation sites (tertiary alicyclic amines) is 1. The normalized spacial score (nSPS) is 23.6. The molecule has 0 bridgehead atoms. The van der Waals surface area contributed by atoms with Gasteiger partial charge in [-0.25, -0.2) is 8.42 Å². The van der Waals surface area contributed by atoms with E-state index >= 15 is 0 Å². The fraction of sp³-hybridized carbons (Fsp3) is 0.400. The molecule has 2 aliphatic heterocycles. The molecule has 2 aliphatic rings. The molecule has 1 atom stereocenters. The molecule has 1 aromatic rings. The molecule has 0 aromatic heterocycles. The Morgan fingerprint density at radius 2 is 2.14 bits per heavy atom. The fourth-order valence-corrected chi connectivity index (χ4v) is 4.85. The smallest absolute Gasteiger partial charge is 0.265 e. The lowest BCUT2D eigenvalue weighted by Gasteiger charge is -2.31. The zero-order valence-electron chi connectivity index (χ0n) is 11.7. The summed E-state index contributed by atoms with van der Waals surface area (Å²) >= 11 is 3.32. The molecule has 1 saturated heterocycles. The number of benzene rings is 1. The van der Waals surface area contributed by atoms with Crippen molar-refractivity contribution in [2.24, 2.45) is 5.92 Å². The van der Waals surface area contributed by atoms with E-state index in [4.69, 9.17) is 0 Å². The Kier molecular flexibility index (Phi) is 3.69. The summed E-state index contributed by atoms with van der Waals surface area (Å²) in [6, 6.07) is 4.96. The van der Waals surface area contributed by atoms with Crippen molar-refractivity contribution in [3.8, 4) is 0 Å². The van der Waals surface area contributed by atoms with Gasteiger partial charge in [-0.2, -0.15) is 0 Å². The van der Waals surface area contributed by atoms with Crippen LogP contribution >= 0.6 is 15.9 Å². The van der Waals surface area contributed by atoms with Crippen molar-refractivity contribution in [2.45, 2.75) is 24.7 Å². The fourth-order valence-electron chi connectivity index (χ4n) is 2.92. The molecular formula is C15H16BrNO3S. The summed E-state index contributed by atoms with van der Waals surface area (Å²) < 4.78 is 25.9. The van der Waals surface area contributed by atoms with Crippen LogP contribution in [-0.4, -0.2) is 32.3 Å². The molecule has 1 amide bonds. The minimum atomic E-state index is -3.68. The van der Waals surface area contributed by atoms with Gasteiger partial charge in [-0.3, -0.25) is 4.79 Å². The number of carbonyl (C=O) groups excluding carboxylic acids is 1. The summed E-state index contributed by atoms with van der Waals surface area (Å²) in [4.78, 5) is 14.4. The van der Waals surface area contributed by atoms with Gasteiger partial charge in [0.1, 0.15) is 4.91 Å². The molecule has 0 radical (unpaired) electrons. The molecule has 2 heterocycles. The van der Waals surface area contributed by atoms with E-state index in [1.807, 2.05) is 0 Å². The first kappa shape index (κ1) is 14.8. The quantitative estimate of drug-likeness (QED) is 0.764. The van der Waals surface area contributed by atoms with Crippen molar-refractivity contribution >= 4 is 37.8 Å². The SMILES string of the molecule is CC1CCCN(C(=O)C2=Cc3cc(Br)ccc3S2(=O)=O)C1. The third-order valence-electron chi connectivity index (χ3n) is 3.99. The third-order valence-corrected chi connectivity index (χ3v) is 6.31. The van der Waals surface area contributed by atoms with Crippen LogP contribution in [0.5, 0.6) is 0 Å². The average molecular weight is 370 g/mol. The number of amides is 1. The highest BCUT2D eigenvalue weighted by Gasteiger charge is 2.37. The lowest BCUT2D eigenvalue weighted by atomic mass is 10.0. The first-order valence-corrected chi connectivity index (χ1v) is 9.23. The van der Waals surface area contributed by atoms with Gasteiger partial charge in [0, 0.05) is 17.6 Å². The van der Waals surface area contributed by atoms with Crippen molar-refractivity contribution < 1.29 is 13.2 Å². The second-order valence-corrected chi connectivity index (χ2v) is 8.49. The Labute approximate surface area is 132 Å². The molecule has 1 aromatic carbocycles. The molecule has 0 spiro atoms. The van der Waals surface area contributed by atoms with Gasteiger partial charge in [-0.15, -0.1) is 0 Å². The van der Waals surface area contributed by atoms with E-state index in [2.05, 4.69) is 22.9 Å². The molecule has 4 nitrogen and oxygen atoms in total. The minimum absolute atomic E-state index is 0.0929. The number of carbonyl (C=O) groups is 1. The lowest BCUT2D eigenvalue weighted by Crippen LogP contribution is -2.40. The summed E-state index contributed by atoms with van der Waals surface area (Å²) in [5.41, 5.74) is 0.581. The number of hydrogen-bond acceptors (Lipinski definition) is 3. The number of halogens is 1. The standard InChI is InChI=1S/C15H16BrNO3S/c1-10-3-2-6-17(9-10)15(18)14-8-11-7-12(16)4-5-13(11)21(14,19)20/h4-5,7-8,10H,2-3,6,9H2,1H3. The van der Waals surface area contributed by atoms with Gasteiger partial charge in [-0.05, 0) is 48.6 Å². The van der Waals surface area contributed by atoms with Crippen LogP contribution in [0.4, 0.5) is 0 Å². The van der Waals surface area contributed by atoms with Crippen LogP contribution < -0.4 is 0 Å². The molecule has 21 heavy (non-hydrogen) atoms. The first-order chi connectivity index (χ1) is 9.89. The second-order valence-electron chi connectivity index (χ2n) is 5.69. The Balaban J connectivity index is 1.96. The highest BCUT2D eigenvalue weighted by molar-refractivity contribution is 9.10. The van der Waals surface area contributed by atoms with Crippen molar-refractivity contribution in [1.29, 1.82) is 0 Å². The van der Waals surface area contributed by atoms with Gasteiger partial charge < -0.3 is 4.90 Å². The molecule has 112 valence electrons. The van der Waals surface area contributed by atoms with Gasteiger partial charge in [0.2, 0.25) is 9.84 Å². The van der Waals surface area contributed by atoms with Gasteiger partial charge >= 0.3 is 0 Å². The van der Waals surface area contributed by atoms with E-state index in [0.29, 0.717) is 24.6 Å². The van der Waals surface area contributed by atoms with Gasteiger partial charge in [0.05, 0.1) is 4.90 Å². The summed E-state index contributed by atoms with van der Waals surface area (Å²) in [5.74, 6) is 0.0535. The van der Waals surface area contributed by atoms with Crippen LogP contribution in [0.2, 0.25) is 0 Å². The van der Waals surface area contributed by atoms with Crippen LogP contribution in [0.15, 0.2) is 32.5 Å². The van der Waals surface area contributed by atoms with Crippen LogP contribution in [0.3, 0.4) is 0 Å². The van der Waals surface area contributed by atoms with Gasteiger partial charge in [0.25, 0.3) is 5.91 Å². The molecular weight excluding hydrogens is 354 g/mol. The maximum absolute atomic E-state index is 12.6. The molecule has 0 saturated carbocycles. The van der Waals surface area contributed by atoms with Crippen LogP contribution in [0, 0.1) is 5.92 Å². The van der Waals surface area contributed by atoms with Crippen LogP contribution in [0.25, 0.3) is 6.08 Å². The number of fused-ring (bicyclic) bond motifs is 1. The van der Waals surface area contributed by atoms with Crippen LogP contribution in [0.1, 0.15) is 25.3 Å².